The molecule has 12 nitrogen and oxygen atoms in total. The van der Waals surface area contributed by atoms with E-state index in [0.29, 0.717) is 25.4 Å². The van der Waals surface area contributed by atoms with Crippen LogP contribution >= 0.6 is 23.2 Å². The number of aryl methyl sites for hydroxylation is 1. The molecule has 1 aromatic heterocycles. The van der Waals surface area contributed by atoms with Gasteiger partial charge < -0.3 is 38.7 Å². The number of rotatable bonds is 21. The molecule has 3 rings (SSSR count). The van der Waals surface area contributed by atoms with Gasteiger partial charge in [-0.3, -0.25) is 19.7 Å². The lowest BCUT2D eigenvalue weighted by atomic mass is 10.2. The smallest absolute Gasteiger partial charge is 0.313 e. The number of nitrogens with one attached hydrogen (secondary N) is 2. The number of benzene rings is 2. The summed E-state index contributed by atoms with van der Waals surface area (Å²) in [6.45, 7) is 2.29. The summed E-state index contributed by atoms with van der Waals surface area (Å²) >= 11 is 12.0. The van der Waals surface area contributed by atoms with Gasteiger partial charge in [-0.15, -0.1) is 0 Å². The highest BCUT2D eigenvalue weighted by molar-refractivity contribution is 6.37. The maximum Gasteiger partial charge on any atom is 0.313 e. The lowest BCUT2D eigenvalue weighted by Crippen LogP contribution is -2.34. The Morgan fingerprint density at radius 2 is 1.46 bits per heavy atom. The summed E-state index contributed by atoms with van der Waals surface area (Å²) in [6.07, 6.45) is 0.581. The minimum Gasteiger partial charge on any atom is -0.483 e. The van der Waals surface area contributed by atoms with Crippen LogP contribution in [0, 0.1) is 0 Å². The highest BCUT2D eigenvalue weighted by Gasteiger charge is 2.18. The SMILES string of the molecule is Cn1ccc(C(O)NCCNC(=O)CCOCCOCCOCCC(=O)Oc2c(Cl)cccc2Cl)c(OCc2ccccc2)c1=O. The largest absolute Gasteiger partial charge is 0.483 e. The number of carbonyl (C=O) groups excluding carboxylic acids is 2. The van der Waals surface area contributed by atoms with Gasteiger partial charge >= 0.3 is 5.97 Å². The van der Waals surface area contributed by atoms with Crippen LogP contribution in [0.1, 0.15) is 30.2 Å². The Morgan fingerprint density at radius 3 is 2.13 bits per heavy atom. The number of hydrogen-bond donors (Lipinski definition) is 3. The fourth-order valence-electron chi connectivity index (χ4n) is 3.93. The zero-order valence-corrected chi connectivity index (χ0v) is 27.1. The third kappa shape index (κ3) is 13.1. The van der Waals surface area contributed by atoms with Crippen LogP contribution in [-0.2, 0) is 37.5 Å². The summed E-state index contributed by atoms with van der Waals surface area (Å²) in [7, 11) is 1.61. The summed E-state index contributed by atoms with van der Waals surface area (Å²) < 4.78 is 28.5. The molecule has 250 valence electrons. The Bertz CT molecular complexity index is 1420. The van der Waals surface area contributed by atoms with Crippen molar-refractivity contribution in [2.75, 3.05) is 52.7 Å². The van der Waals surface area contributed by atoms with Crippen LogP contribution in [0.5, 0.6) is 11.5 Å². The van der Waals surface area contributed by atoms with Crippen molar-refractivity contribution in [1.82, 2.24) is 15.2 Å². The number of hydrogen-bond acceptors (Lipinski definition) is 10. The van der Waals surface area contributed by atoms with Gasteiger partial charge in [-0.05, 0) is 23.8 Å². The second-order valence-electron chi connectivity index (χ2n) is 9.86. The average molecular weight is 681 g/mol. The monoisotopic (exact) mass is 679 g/mol. The molecule has 0 saturated carbocycles. The molecule has 0 aliphatic carbocycles. The first kappa shape index (κ1) is 37.0. The summed E-state index contributed by atoms with van der Waals surface area (Å²) in [6, 6.07) is 15.8. The fourth-order valence-corrected chi connectivity index (χ4v) is 4.40. The third-order valence-electron chi connectivity index (χ3n) is 6.36. The Labute approximate surface area is 277 Å². The number of halogens is 2. The first-order valence-corrected chi connectivity index (χ1v) is 15.4. The summed E-state index contributed by atoms with van der Waals surface area (Å²) in [5.41, 5.74) is 0.840. The average Bonchev–Trinajstić information content (AvgIpc) is 3.04. The molecule has 0 saturated heterocycles. The van der Waals surface area contributed by atoms with Crippen molar-refractivity contribution in [3.05, 3.63) is 92.3 Å². The normalized spacial score (nSPS) is 11.7. The molecule has 3 N–H and O–H groups in total. The molecule has 1 heterocycles. The van der Waals surface area contributed by atoms with E-state index in [2.05, 4.69) is 10.6 Å². The molecule has 0 spiro atoms. The molecule has 0 aliphatic heterocycles. The van der Waals surface area contributed by atoms with Crippen molar-refractivity contribution in [1.29, 1.82) is 0 Å². The quantitative estimate of drug-likeness (QED) is 0.0663. The molecular formula is C32H39Cl2N3O9. The zero-order chi connectivity index (χ0) is 33.1. The molecule has 1 amide bonds. The van der Waals surface area contributed by atoms with E-state index >= 15 is 0 Å². The van der Waals surface area contributed by atoms with Crippen LogP contribution < -0.4 is 25.7 Å². The van der Waals surface area contributed by atoms with E-state index in [-0.39, 0.29) is 85.4 Å². The first-order chi connectivity index (χ1) is 22.3. The van der Waals surface area contributed by atoms with Gasteiger partial charge in [0.25, 0.3) is 5.56 Å². The molecule has 0 aliphatic rings. The standard InChI is InChI=1S/C32H39Cl2N3O9/c1-37-15-10-24(29(32(37)41)45-22-23-6-3-2-4-7-23)31(40)36-14-13-35-27(38)11-16-42-18-20-44-21-19-43-17-12-28(39)46-30-25(33)8-5-9-26(30)34/h2-10,15,31,36,40H,11-14,16-22H2,1H3,(H,35,38). The second-order valence-corrected chi connectivity index (χ2v) is 10.7. The second kappa shape index (κ2) is 20.6. The number of amides is 1. The van der Waals surface area contributed by atoms with Crippen molar-refractivity contribution in [3.8, 4) is 11.5 Å². The van der Waals surface area contributed by atoms with Gasteiger partial charge in [0.1, 0.15) is 12.8 Å². The topological polar surface area (TPSA) is 147 Å². The van der Waals surface area contributed by atoms with Crippen molar-refractivity contribution in [2.24, 2.45) is 7.05 Å². The number of aliphatic hydroxyl groups excluding tert-OH is 1. The fraction of sp³-hybridized carbons (Fsp3) is 0.406. The molecule has 2 aromatic carbocycles. The van der Waals surface area contributed by atoms with Gasteiger partial charge in [0, 0.05) is 38.3 Å². The number of nitrogens with zero attached hydrogens (tertiary/aromatic N) is 1. The van der Waals surface area contributed by atoms with E-state index in [4.69, 9.17) is 46.9 Å². The zero-order valence-electron chi connectivity index (χ0n) is 25.5. The molecule has 0 bridgehead atoms. The Kier molecular flexibility index (Phi) is 16.6. The lowest BCUT2D eigenvalue weighted by Gasteiger charge is -2.18. The highest BCUT2D eigenvalue weighted by Crippen LogP contribution is 2.32. The molecule has 46 heavy (non-hydrogen) atoms. The summed E-state index contributed by atoms with van der Waals surface area (Å²) in [4.78, 5) is 36.7. The van der Waals surface area contributed by atoms with Crippen LogP contribution in [0.4, 0.5) is 0 Å². The maximum absolute atomic E-state index is 12.7. The van der Waals surface area contributed by atoms with Crippen molar-refractivity contribution in [2.45, 2.75) is 25.7 Å². The predicted octanol–water partition coefficient (Wildman–Crippen LogP) is 3.40. The van der Waals surface area contributed by atoms with E-state index in [1.807, 2.05) is 30.3 Å². The number of esters is 1. The van der Waals surface area contributed by atoms with Gasteiger partial charge in [-0.2, -0.15) is 0 Å². The van der Waals surface area contributed by atoms with Crippen LogP contribution in [0.25, 0.3) is 0 Å². The van der Waals surface area contributed by atoms with E-state index < -0.39 is 12.2 Å². The number of aliphatic hydroxyl groups is 1. The Hall–Kier alpha value is -3.49. The molecule has 3 aromatic rings. The van der Waals surface area contributed by atoms with Crippen molar-refractivity contribution >= 4 is 35.1 Å². The number of carbonyl (C=O) groups is 2. The maximum atomic E-state index is 12.7. The number of para-hydroxylation sites is 1. The highest BCUT2D eigenvalue weighted by atomic mass is 35.5. The van der Waals surface area contributed by atoms with Gasteiger partial charge in [0.05, 0.1) is 56.1 Å². The van der Waals surface area contributed by atoms with Gasteiger partial charge in [-0.1, -0.05) is 59.6 Å². The lowest BCUT2D eigenvalue weighted by molar-refractivity contribution is -0.135. The van der Waals surface area contributed by atoms with Gasteiger partial charge in [0.15, 0.2) is 11.5 Å². The van der Waals surface area contributed by atoms with Crippen molar-refractivity contribution in [3.63, 3.8) is 0 Å². The minimum atomic E-state index is -1.17. The molecule has 0 radical (unpaired) electrons. The van der Waals surface area contributed by atoms with Crippen LogP contribution in [0.15, 0.2) is 65.6 Å². The number of ether oxygens (including phenoxy) is 5. The van der Waals surface area contributed by atoms with Gasteiger partial charge in [-0.25, -0.2) is 0 Å². The molecule has 1 unspecified atom stereocenters. The molecule has 0 fully saturated rings. The van der Waals surface area contributed by atoms with Gasteiger partial charge in [0.2, 0.25) is 5.91 Å². The molecule has 14 heteroatoms. The molecule has 1 atom stereocenters. The summed E-state index contributed by atoms with van der Waals surface area (Å²) in [5, 5.41) is 16.8. The van der Waals surface area contributed by atoms with E-state index in [1.165, 1.54) is 4.57 Å². The van der Waals surface area contributed by atoms with Crippen LogP contribution in [-0.4, -0.2) is 74.3 Å². The minimum absolute atomic E-state index is 0.0305. The van der Waals surface area contributed by atoms with E-state index in [9.17, 15) is 19.5 Å². The molecular weight excluding hydrogens is 641 g/mol. The number of aromatic nitrogens is 1. The summed E-state index contributed by atoms with van der Waals surface area (Å²) in [5.74, 6) is -0.532. The van der Waals surface area contributed by atoms with Crippen LogP contribution in [0.3, 0.4) is 0 Å². The Morgan fingerprint density at radius 1 is 0.826 bits per heavy atom. The first-order valence-electron chi connectivity index (χ1n) is 14.7. The van der Waals surface area contributed by atoms with Crippen LogP contribution in [0.2, 0.25) is 10.0 Å². The van der Waals surface area contributed by atoms with E-state index in [1.54, 1.807) is 37.5 Å². The van der Waals surface area contributed by atoms with E-state index in [0.717, 1.165) is 5.56 Å². The Balaban J connectivity index is 1.19. The van der Waals surface area contributed by atoms with Crippen molar-refractivity contribution < 1.29 is 38.4 Å². The number of pyridine rings is 1. The third-order valence-corrected chi connectivity index (χ3v) is 6.96. The predicted molar refractivity (Wildman–Crippen MR) is 172 cm³/mol.